The van der Waals surface area contributed by atoms with Crippen LogP contribution in [0.4, 0.5) is 0 Å². The molecular weight excluding hydrogens is 709 g/mol. The Hall–Kier alpha value is -1.59. The minimum Gasteiger partial charge on any atom is -0.462 e. The van der Waals surface area contributed by atoms with E-state index in [4.69, 9.17) is 14.2 Å². The fraction of sp³-hybridized carbons (Fsp3) is 0.941. The van der Waals surface area contributed by atoms with Crippen LogP contribution in [0.25, 0.3) is 0 Å². The summed E-state index contributed by atoms with van der Waals surface area (Å²) in [5.74, 6) is 1.59. The molecule has 0 aliphatic rings. The van der Waals surface area contributed by atoms with Gasteiger partial charge in [-0.2, -0.15) is 0 Å². The molecule has 0 aromatic rings. The molecule has 0 saturated carbocycles. The van der Waals surface area contributed by atoms with Gasteiger partial charge in [-0.25, -0.2) is 0 Å². The Morgan fingerprint density at radius 2 is 0.614 bits per heavy atom. The van der Waals surface area contributed by atoms with Gasteiger partial charge in [0.15, 0.2) is 6.10 Å². The average molecular weight is 807 g/mol. The van der Waals surface area contributed by atoms with Crippen molar-refractivity contribution in [3.05, 3.63) is 0 Å². The molecular formula is C51H98O6. The van der Waals surface area contributed by atoms with Crippen molar-refractivity contribution in [2.45, 2.75) is 279 Å². The Labute approximate surface area is 355 Å². The summed E-state index contributed by atoms with van der Waals surface area (Å²) in [7, 11) is 0. The highest BCUT2D eigenvalue weighted by molar-refractivity contribution is 5.71. The molecule has 0 spiro atoms. The van der Waals surface area contributed by atoms with Gasteiger partial charge in [-0.3, -0.25) is 14.4 Å². The first-order valence-electron chi connectivity index (χ1n) is 25.1. The molecule has 0 aliphatic heterocycles. The van der Waals surface area contributed by atoms with Crippen LogP contribution in [0, 0.1) is 17.8 Å². The van der Waals surface area contributed by atoms with Crippen molar-refractivity contribution in [2.75, 3.05) is 13.2 Å². The lowest BCUT2D eigenvalue weighted by atomic mass is 9.99. The van der Waals surface area contributed by atoms with E-state index in [1.54, 1.807) is 0 Å². The van der Waals surface area contributed by atoms with Crippen molar-refractivity contribution >= 4 is 17.9 Å². The summed E-state index contributed by atoms with van der Waals surface area (Å²) in [5.41, 5.74) is 0. The van der Waals surface area contributed by atoms with Gasteiger partial charge in [-0.1, -0.05) is 234 Å². The first kappa shape index (κ1) is 55.4. The number of unbranched alkanes of at least 4 members (excludes halogenated alkanes) is 26. The largest absolute Gasteiger partial charge is 0.462 e. The number of hydrogen-bond acceptors (Lipinski definition) is 6. The molecule has 0 fully saturated rings. The zero-order valence-corrected chi connectivity index (χ0v) is 39.1. The monoisotopic (exact) mass is 807 g/mol. The summed E-state index contributed by atoms with van der Waals surface area (Å²) >= 11 is 0. The smallest absolute Gasteiger partial charge is 0.306 e. The molecule has 1 unspecified atom stereocenters. The standard InChI is InChI=1S/C51H98O6/c1-7-47(6)39-33-27-20-17-18-22-29-35-41-50(53)56-44-48(57-51(54)42-36-30-24-23-26-32-38-46(4)5)43-55-49(52)40-34-28-21-16-14-12-10-8-9-11-13-15-19-25-31-37-45(2)3/h45-48H,7-44H2,1-6H3/t47?,48-/m1/s1. The van der Waals surface area contributed by atoms with Crippen LogP contribution in [0.15, 0.2) is 0 Å². The molecule has 6 heteroatoms. The third-order valence-electron chi connectivity index (χ3n) is 11.8. The highest BCUT2D eigenvalue weighted by Gasteiger charge is 2.19. The first-order chi connectivity index (χ1) is 27.6. The van der Waals surface area contributed by atoms with Crippen LogP contribution in [0.3, 0.4) is 0 Å². The third-order valence-corrected chi connectivity index (χ3v) is 11.8. The molecule has 0 aromatic carbocycles. The Bertz CT molecular complexity index is 885. The lowest BCUT2D eigenvalue weighted by Crippen LogP contribution is -2.30. The lowest BCUT2D eigenvalue weighted by Gasteiger charge is -2.18. The SMILES string of the molecule is CCC(C)CCCCCCCCCCC(=O)OC[C@@H](COC(=O)CCCCCCCCCCCCCCCCCC(C)C)OC(=O)CCCCCCCCC(C)C. The van der Waals surface area contributed by atoms with Crippen molar-refractivity contribution < 1.29 is 28.6 Å². The van der Waals surface area contributed by atoms with Gasteiger partial charge in [0.1, 0.15) is 13.2 Å². The summed E-state index contributed by atoms with van der Waals surface area (Å²) in [5, 5.41) is 0. The highest BCUT2D eigenvalue weighted by Crippen LogP contribution is 2.18. The van der Waals surface area contributed by atoms with Crippen LogP contribution >= 0.6 is 0 Å². The van der Waals surface area contributed by atoms with Crippen LogP contribution in [0.5, 0.6) is 0 Å². The average Bonchev–Trinajstić information content (AvgIpc) is 3.18. The summed E-state index contributed by atoms with van der Waals surface area (Å²) in [6, 6.07) is 0. The van der Waals surface area contributed by atoms with Crippen molar-refractivity contribution in [1.82, 2.24) is 0 Å². The number of carbonyl (C=O) groups is 3. The van der Waals surface area contributed by atoms with E-state index in [0.29, 0.717) is 19.3 Å². The number of hydrogen-bond donors (Lipinski definition) is 0. The van der Waals surface area contributed by atoms with E-state index in [0.717, 1.165) is 75.5 Å². The molecule has 0 radical (unpaired) electrons. The van der Waals surface area contributed by atoms with Crippen molar-refractivity contribution in [2.24, 2.45) is 17.8 Å². The number of carbonyl (C=O) groups excluding carboxylic acids is 3. The summed E-state index contributed by atoms with van der Waals surface area (Å²) in [6.45, 7) is 13.7. The zero-order valence-electron chi connectivity index (χ0n) is 39.1. The second-order valence-corrected chi connectivity index (χ2v) is 18.6. The third kappa shape index (κ3) is 43.8. The Morgan fingerprint density at radius 3 is 0.912 bits per heavy atom. The maximum Gasteiger partial charge on any atom is 0.306 e. The second-order valence-electron chi connectivity index (χ2n) is 18.6. The van der Waals surface area contributed by atoms with Gasteiger partial charge in [0.05, 0.1) is 0 Å². The van der Waals surface area contributed by atoms with Crippen molar-refractivity contribution in [3.8, 4) is 0 Å². The lowest BCUT2D eigenvalue weighted by molar-refractivity contribution is -0.167. The van der Waals surface area contributed by atoms with Crippen LogP contribution in [-0.2, 0) is 28.6 Å². The topological polar surface area (TPSA) is 78.9 Å². The van der Waals surface area contributed by atoms with Crippen LogP contribution in [0.1, 0.15) is 273 Å². The summed E-state index contributed by atoms with van der Waals surface area (Å²) in [4.78, 5) is 37.8. The summed E-state index contributed by atoms with van der Waals surface area (Å²) in [6.07, 6.45) is 41.0. The first-order valence-corrected chi connectivity index (χ1v) is 25.1. The molecule has 0 N–H and O–H groups in total. The Kier molecular flexibility index (Phi) is 41.3. The fourth-order valence-corrected chi connectivity index (χ4v) is 7.55. The van der Waals surface area contributed by atoms with Gasteiger partial charge in [0, 0.05) is 19.3 Å². The molecule has 57 heavy (non-hydrogen) atoms. The van der Waals surface area contributed by atoms with Gasteiger partial charge >= 0.3 is 17.9 Å². The van der Waals surface area contributed by atoms with Gasteiger partial charge in [0.25, 0.3) is 0 Å². The maximum absolute atomic E-state index is 12.7. The quantitative estimate of drug-likeness (QED) is 0.0347. The van der Waals surface area contributed by atoms with E-state index < -0.39 is 6.10 Å². The number of esters is 3. The van der Waals surface area contributed by atoms with Crippen molar-refractivity contribution in [3.63, 3.8) is 0 Å². The minimum absolute atomic E-state index is 0.0661. The van der Waals surface area contributed by atoms with E-state index >= 15 is 0 Å². The predicted octanol–water partition coefficient (Wildman–Crippen LogP) is 16.0. The van der Waals surface area contributed by atoms with Gasteiger partial charge < -0.3 is 14.2 Å². The normalized spacial score (nSPS) is 12.6. The maximum atomic E-state index is 12.7. The molecule has 6 nitrogen and oxygen atoms in total. The molecule has 0 aromatic heterocycles. The molecule has 0 aliphatic carbocycles. The van der Waals surface area contributed by atoms with E-state index in [1.807, 2.05) is 0 Å². The van der Waals surface area contributed by atoms with E-state index in [1.165, 1.54) is 154 Å². The summed E-state index contributed by atoms with van der Waals surface area (Å²) < 4.78 is 16.8. The Balaban J connectivity index is 4.24. The molecule has 0 saturated heterocycles. The van der Waals surface area contributed by atoms with Gasteiger partial charge in [-0.15, -0.1) is 0 Å². The van der Waals surface area contributed by atoms with Gasteiger partial charge in [-0.05, 0) is 37.0 Å². The molecule has 338 valence electrons. The molecule has 0 bridgehead atoms. The highest BCUT2D eigenvalue weighted by atomic mass is 16.6. The zero-order chi connectivity index (χ0) is 42.0. The van der Waals surface area contributed by atoms with Crippen LogP contribution < -0.4 is 0 Å². The molecule has 0 rings (SSSR count). The minimum atomic E-state index is -0.763. The Morgan fingerprint density at radius 1 is 0.351 bits per heavy atom. The van der Waals surface area contributed by atoms with Gasteiger partial charge in [0.2, 0.25) is 0 Å². The van der Waals surface area contributed by atoms with Crippen molar-refractivity contribution in [1.29, 1.82) is 0 Å². The molecule has 0 amide bonds. The number of ether oxygens (including phenoxy) is 3. The number of rotatable bonds is 44. The predicted molar refractivity (Wildman–Crippen MR) is 243 cm³/mol. The second kappa shape index (κ2) is 42.5. The fourth-order valence-electron chi connectivity index (χ4n) is 7.55. The van der Waals surface area contributed by atoms with Crippen LogP contribution in [0.2, 0.25) is 0 Å². The van der Waals surface area contributed by atoms with E-state index in [2.05, 4.69) is 41.5 Å². The van der Waals surface area contributed by atoms with Crippen LogP contribution in [-0.4, -0.2) is 37.2 Å². The van der Waals surface area contributed by atoms with E-state index in [9.17, 15) is 14.4 Å². The molecule has 2 atom stereocenters. The van der Waals surface area contributed by atoms with E-state index in [-0.39, 0.29) is 31.1 Å². The molecule has 0 heterocycles.